The monoisotopic (exact) mass is 388 g/mol. The fraction of sp³-hybridized carbons (Fsp3) is 0.833. The molecule has 0 aromatic heterocycles. The summed E-state index contributed by atoms with van der Waals surface area (Å²) in [6, 6.07) is 0. The van der Waals surface area contributed by atoms with Gasteiger partial charge in [0, 0.05) is 0 Å². The summed E-state index contributed by atoms with van der Waals surface area (Å²) < 4.78 is 8.68. The molecule has 0 spiro atoms. The van der Waals surface area contributed by atoms with Crippen molar-refractivity contribution in [3.05, 3.63) is 0 Å². The molecule has 10 N–H and O–H groups in total. The Kier molecular flexibility index (Phi) is 7.78. The van der Waals surface area contributed by atoms with Gasteiger partial charge in [0.1, 0.15) is 36.6 Å². The minimum Gasteiger partial charge on any atom is -0.479 e. The lowest BCUT2D eigenvalue weighted by molar-refractivity contribution is -0.279. The fourth-order valence-corrected chi connectivity index (χ4v) is 2.13. The van der Waals surface area contributed by atoms with E-state index in [1.165, 1.54) is 0 Å². The molecule has 26 heavy (non-hydrogen) atoms. The molecule has 2 rings (SSSR count). The van der Waals surface area contributed by atoms with Crippen molar-refractivity contribution in [1.82, 2.24) is 0 Å². The van der Waals surface area contributed by atoms with Gasteiger partial charge in [-0.3, -0.25) is 0 Å². The Labute approximate surface area is 144 Å². The van der Waals surface area contributed by atoms with E-state index in [-0.39, 0.29) is 0 Å². The van der Waals surface area contributed by atoms with Crippen molar-refractivity contribution in [2.45, 2.75) is 61.4 Å². The van der Waals surface area contributed by atoms with Gasteiger partial charge in [-0.15, -0.1) is 0 Å². The molecule has 152 valence electrons. The minimum absolute atomic E-state index is 1.52. The van der Waals surface area contributed by atoms with Crippen LogP contribution < -0.4 is 0 Å². The summed E-state index contributed by atoms with van der Waals surface area (Å²) in [5.41, 5.74) is 0. The highest BCUT2D eigenvalue weighted by Gasteiger charge is 2.47. The van der Waals surface area contributed by atoms with Gasteiger partial charge in [-0.1, -0.05) is 0 Å². The van der Waals surface area contributed by atoms with Crippen LogP contribution in [0.15, 0.2) is 0 Å². The van der Waals surface area contributed by atoms with Crippen LogP contribution >= 0.6 is 0 Å². The molecule has 0 aromatic rings. The minimum atomic E-state index is -1.81. The van der Waals surface area contributed by atoms with Crippen molar-refractivity contribution >= 4 is 11.9 Å². The van der Waals surface area contributed by atoms with E-state index in [1.807, 2.05) is 0 Å². The van der Waals surface area contributed by atoms with E-state index in [2.05, 4.69) is 9.47 Å². The van der Waals surface area contributed by atoms with E-state index in [4.69, 9.17) is 51.1 Å². The summed E-state index contributed by atoms with van der Waals surface area (Å²) in [6.45, 7) is 0. The van der Waals surface area contributed by atoms with Gasteiger partial charge in [0.15, 0.2) is 24.8 Å². The summed E-state index contributed by atoms with van der Waals surface area (Å²) in [7, 11) is 0. The second kappa shape index (κ2) is 8.96. The molecule has 10 atom stereocenters. The predicted molar refractivity (Wildman–Crippen MR) is 73.1 cm³/mol. The lowest BCUT2D eigenvalue weighted by Gasteiger charge is -2.36. The average Bonchev–Trinajstić information content (AvgIpc) is 2.57. The molecule has 14 nitrogen and oxygen atoms in total. The summed E-state index contributed by atoms with van der Waals surface area (Å²) in [5.74, 6) is -3.03. The van der Waals surface area contributed by atoms with Crippen LogP contribution in [0.5, 0.6) is 0 Å². The average molecular weight is 388 g/mol. The SMILES string of the molecule is O=C(O)[C@@H]1O[C@@H](O)[C@@H](O)[C@@H](O)[C@@H]1O.O=C(O)[C@@H]1O[C@@H](O)[C@@H](O)[C@@H](O)[C@@H]1O. The first-order chi connectivity index (χ1) is 11.9. The van der Waals surface area contributed by atoms with Gasteiger partial charge in [0.2, 0.25) is 0 Å². The highest BCUT2D eigenvalue weighted by atomic mass is 16.7. The quantitative estimate of drug-likeness (QED) is 0.211. The summed E-state index contributed by atoms with van der Waals surface area (Å²) >= 11 is 0. The third kappa shape index (κ3) is 4.83. The molecule has 2 fully saturated rings. The van der Waals surface area contributed by atoms with E-state index >= 15 is 0 Å². The summed E-state index contributed by atoms with van der Waals surface area (Å²) in [4.78, 5) is 20.7. The molecule has 2 aliphatic rings. The molecule has 0 aliphatic carbocycles. The lowest BCUT2D eigenvalue weighted by Crippen LogP contribution is -2.59. The highest BCUT2D eigenvalue weighted by Crippen LogP contribution is 2.20. The van der Waals surface area contributed by atoms with Crippen molar-refractivity contribution in [1.29, 1.82) is 0 Å². The molecule has 0 radical (unpaired) electrons. The zero-order chi connectivity index (χ0) is 20.3. The van der Waals surface area contributed by atoms with E-state index in [1.54, 1.807) is 0 Å². The van der Waals surface area contributed by atoms with Gasteiger partial charge in [0.05, 0.1) is 0 Å². The Bertz CT molecular complexity index is 454. The number of rotatable bonds is 2. The summed E-state index contributed by atoms with van der Waals surface area (Å²) in [6.07, 6.45) is -17.4. The molecular weight excluding hydrogens is 368 g/mol. The van der Waals surface area contributed by atoms with Gasteiger partial charge in [0.25, 0.3) is 0 Å². The van der Waals surface area contributed by atoms with Crippen molar-refractivity contribution in [2.24, 2.45) is 0 Å². The van der Waals surface area contributed by atoms with E-state index < -0.39 is 73.4 Å². The Morgan fingerprint density at radius 3 is 1.00 bits per heavy atom. The molecular formula is C12H20O14. The Balaban J connectivity index is 0.000000260. The molecule has 0 amide bonds. The molecule has 0 bridgehead atoms. The maximum absolute atomic E-state index is 10.4. The first-order valence-electron chi connectivity index (χ1n) is 7.11. The summed E-state index contributed by atoms with van der Waals surface area (Å²) in [5, 5.41) is 88.7. The molecule has 0 saturated carbocycles. The van der Waals surface area contributed by atoms with Crippen LogP contribution in [0.2, 0.25) is 0 Å². The number of aliphatic carboxylic acids is 2. The molecule has 2 saturated heterocycles. The topological polar surface area (TPSA) is 255 Å². The van der Waals surface area contributed by atoms with Crippen LogP contribution in [0.25, 0.3) is 0 Å². The largest absolute Gasteiger partial charge is 0.479 e. The molecule has 0 unspecified atom stereocenters. The van der Waals surface area contributed by atoms with E-state index in [0.717, 1.165) is 0 Å². The van der Waals surface area contributed by atoms with Crippen LogP contribution in [0.1, 0.15) is 0 Å². The fourth-order valence-electron chi connectivity index (χ4n) is 2.13. The van der Waals surface area contributed by atoms with Gasteiger partial charge in [-0.2, -0.15) is 0 Å². The van der Waals surface area contributed by atoms with Crippen LogP contribution in [0, 0.1) is 0 Å². The molecule has 0 aromatic carbocycles. The predicted octanol–water partition coefficient (Wildman–Crippen LogP) is -6.26. The maximum Gasteiger partial charge on any atom is 0.335 e. The van der Waals surface area contributed by atoms with Crippen molar-refractivity contribution < 1.29 is 70.1 Å². The van der Waals surface area contributed by atoms with Crippen LogP contribution in [0.4, 0.5) is 0 Å². The number of carboxylic acid groups (broad SMARTS) is 2. The van der Waals surface area contributed by atoms with Gasteiger partial charge < -0.3 is 60.5 Å². The Morgan fingerprint density at radius 1 is 0.500 bits per heavy atom. The van der Waals surface area contributed by atoms with Crippen LogP contribution in [-0.4, -0.2) is 124 Å². The van der Waals surface area contributed by atoms with Gasteiger partial charge in [-0.05, 0) is 0 Å². The number of hydrogen-bond acceptors (Lipinski definition) is 12. The number of carboxylic acids is 2. The van der Waals surface area contributed by atoms with E-state index in [0.29, 0.717) is 0 Å². The smallest absolute Gasteiger partial charge is 0.335 e. The molecule has 14 heteroatoms. The van der Waals surface area contributed by atoms with Crippen molar-refractivity contribution in [3.8, 4) is 0 Å². The van der Waals surface area contributed by atoms with Gasteiger partial charge >= 0.3 is 11.9 Å². The standard InChI is InChI=1S/2C6H10O7/c2*7-1-2(8)4(5(10)11)13-6(12)3(1)9/h2*1-4,6-9,12H,(H,10,11)/t2*1-,2-,3-,4+,6+/m00/s1. The number of aliphatic hydroxyl groups excluding tert-OH is 8. The zero-order valence-corrected chi connectivity index (χ0v) is 12.9. The number of ether oxygens (including phenoxy) is 2. The second-order valence-electron chi connectivity index (χ2n) is 5.51. The van der Waals surface area contributed by atoms with Crippen molar-refractivity contribution in [2.75, 3.05) is 0 Å². The lowest BCUT2D eigenvalue weighted by atomic mass is 9.99. The Hall–Kier alpha value is -1.46. The first kappa shape index (κ1) is 22.6. The molecule has 2 aliphatic heterocycles. The number of aliphatic hydroxyl groups is 8. The third-order valence-electron chi connectivity index (χ3n) is 3.66. The zero-order valence-electron chi connectivity index (χ0n) is 12.9. The Morgan fingerprint density at radius 2 is 0.769 bits per heavy atom. The number of hydrogen-bond donors (Lipinski definition) is 10. The van der Waals surface area contributed by atoms with Crippen LogP contribution in [0.3, 0.4) is 0 Å². The first-order valence-corrected chi connectivity index (χ1v) is 7.11. The highest BCUT2D eigenvalue weighted by molar-refractivity contribution is 5.73. The number of carbonyl (C=O) groups is 2. The van der Waals surface area contributed by atoms with E-state index in [9.17, 15) is 9.59 Å². The molecule has 2 heterocycles. The van der Waals surface area contributed by atoms with Crippen molar-refractivity contribution in [3.63, 3.8) is 0 Å². The third-order valence-corrected chi connectivity index (χ3v) is 3.66. The van der Waals surface area contributed by atoms with Gasteiger partial charge in [-0.25, -0.2) is 9.59 Å². The normalized spacial score (nSPS) is 46.0. The second-order valence-corrected chi connectivity index (χ2v) is 5.51. The van der Waals surface area contributed by atoms with Crippen LogP contribution in [-0.2, 0) is 19.1 Å². The maximum atomic E-state index is 10.4.